The Bertz CT molecular complexity index is 256. The summed E-state index contributed by atoms with van der Waals surface area (Å²) in [6.45, 7) is 3.65. The third kappa shape index (κ3) is 21.4. The van der Waals surface area contributed by atoms with Crippen LogP contribution in [-0.2, 0) is 14.3 Å². The molecule has 0 aromatic rings. The second kappa shape index (κ2) is 20.4. The second-order valence-electron chi connectivity index (χ2n) is 6.65. The van der Waals surface area contributed by atoms with Crippen LogP contribution in [0.5, 0.6) is 0 Å². The average molecular weight is 345 g/mol. The third-order valence-corrected chi connectivity index (χ3v) is 4.24. The van der Waals surface area contributed by atoms with E-state index in [0.717, 1.165) is 13.0 Å². The summed E-state index contributed by atoms with van der Waals surface area (Å²) < 4.78 is 10.3. The van der Waals surface area contributed by atoms with Crippen molar-refractivity contribution in [3.05, 3.63) is 0 Å². The van der Waals surface area contributed by atoms with Crippen LogP contribution in [0.15, 0.2) is 0 Å². The molecule has 0 heterocycles. The molecule has 0 aromatic carbocycles. The quantitative estimate of drug-likeness (QED) is 0.293. The monoisotopic (exact) mass is 344 g/mol. The van der Waals surface area contributed by atoms with E-state index in [2.05, 4.69) is 6.92 Å². The van der Waals surface area contributed by atoms with Crippen LogP contribution in [0.2, 0.25) is 0 Å². The minimum atomic E-state index is -0.929. The number of ether oxygens (including phenoxy) is 2. The predicted octanol–water partition coefficient (Wildman–Crippen LogP) is 5.59. The van der Waals surface area contributed by atoms with Gasteiger partial charge in [-0.3, -0.25) is 0 Å². The summed E-state index contributed by atoms with van der Waals surface area (Å²) in [6.07, 6.45) is 19.0. The number of carboxylic acid groups (broad SMARTS) is 1. The third-order valence-electron chi connectivity index (χ3n) is 4.24. The van der Waals surface area contributed by atoms with Crippen LogP contribution in [0.25, 0.3) is 0 Å². The Kier molecular flexibility index (Phi) is 19.9. The van der Waals surface area contributed by atoms with Crippen LogP contribution in [-0.4, -0.2) is 37.5 Å². The maximum Gasteiger partial charge on any atom is 0.329 e. The molecule has 0 aromatic heterocycles. The number of unbranched alkanes of at least 4 members (excludes halogenated alkanes) is 13. The van der Waals surface area contributed by atoms with Crippen molar-refractivity contribution in [2.75, 3.05) is 26.4 Å². The van der Waals surface area contributed by atoms with Gasteiger partial charge in [0.15, 0.2) is 0 Å². The van der Waals surface area contributed by atoms with Crippen molar-refractivity contribution in [2.24, 2.45) is 0 Å². The van der Waals surface area contributed by atoms with Crippen molar-refractivity contribution in [3.8, 4) is 0 Å². The molecule has 0 saturated heterocycles. The van der Waals surface area contributed by atoms with Crippen molar-refractivity contribution in [2.45, 2.75) is 96.8 Å². The number of rotatable bonds is 20. The van der Waals surface area contributed by atoms with Gasteiger partial charge in [0.05, 0.1) is 13.2 Å². The molecule has 144 valence electrons. The number of hydrogen-bond donors (Lipinski definition) is 1. The highest BCUT2D eigenvalue weighted by Crippen LogP contribution is 2.12. The molecule has 0 aliphatic rings. The lowest BCUT2D eigenvalue weighted by Gasteiger charge is -2.05. The first kappa shape index (κ1) is 23.4. The van der Waals surface area contributed by atoms with E-state index < -0.39 is 5.97 Å². The average Bonchev–Trinajstić information content (AvgIpc) is 2.56. The van der Waals surface area contributed by atoms with Gasteiger partial charge in [0.25, 0.3) is 0 Å². The summed E-state index contributed by atoms with van der Waals surface area (Å²) >= 11 is 0. The van der Waals surface area contributed by atoms with Crippen molar-refractivity contribution >= 4 is 5.97 Å². The molecule has 0 atom stereocenters. The van der Waals surface area contributed by atoms with Gasteiger partial charge in [0, 0.05) is 6.61 Å². The zero-order valence-corrected chi connectivity index (χ0v) is 15.9. The topological polar surface area (TPSA) is 55.8 Å². The summed E-state index contributed by atoms with van der Waals surface area (Å²) in [5, 5.41) is 8.39. The van der Waals surface area contributed by atoms with Gasteiger partial charge in [-0.25, -0.2) is 4.79 Å². The van der Waals surface area contributed by atoms with Gasteiger partial charge in [-0.05, 0) is 6.42 Å². The first-order valence-electron chi connectivity index (χ1n) is 10.1. The molecule has 4 heteroatoms. The lowest BCUT2D eigenvalue weighted by Crippen LogP contribution is -2.11. The van der Waals surface area contributed by atoms with E-state index in [4.69, 9.17) is 14.6 Å². The summed E-state index contributed by atoms with van der Waals surface area (Å²) in [5.41, 5.74) is 0. The Morgan fingerprint density at radius 1 is 0.625 bits per heavy atom. The second-order valence-corrected chi connectivity index (χ2v) is 6.65. The highest BCUT2D eigenvalue weighted by Gasteiger charge is 1.96. The van der Waals surface area contributed by atoms with Gasteiger partial charge in [-0.1, -0.05) is 90.4 Å². The SMILES string of the molecule is CCCCCCCCCCCCCCCCOCCOCC(=O)O. The van der Waals surface area contributed by atoms with E-state index in [0.29, 0.717) is 13.2 Å². The first-order chi connectivity index (χ1) is 11.8. The molecule has 24 heavy (non-hydrogen) atoms. The van der Waals surface area contributed by atoms with E-state index in [9.17, 15) is 4.79 Å². The van der Waals surface area contributed by atoms with Crippen molar-refractivity contribution in [1.82, 2.24) is 0 Å². The van der Waals surface area contributed by atoms with Gasteiger partial charge in [-0.2, -0.15) is 0 Å². The van der Waals surface area contributed by atoms with Crippen molar-refractivity contribution in [1.29, 1.82) is 0 Å². The largest absolute Gasteiger partial charge is 0.480 e. The zero-order valence-electron chi connectivity index (χ0n) is 15.9. The highest BCUT2D eigenvalue weighted by molar-refractivity contribution is 5.67. The molecule has 0 saturated carbocycles. The molecule has 4 nitrogen and oxygen atoms in total. The first-order valence-corrected chi connectivity index (χ1v) is 10.1. The molecule has 0 radical (unpaired) electrons. The molecule has 0 spiro atoms. The molecule has 1 N–H and O–H groups in total. The Balaban J connectivity index is 2.97. The fourth-order valence-electron chi connectivity index (χ4n) is 2.78. The van der Waals surface area contributed by atoms with Crippen LogP contribution in [0.4, 0.5) is 0 Å². The predicted molar refractivity (Wildman–Crippen MR) is 99.6 cm³/mol. The van der Waals surface area contributed by atoms with Crippen molar-refractivity contribution in [3.63, 3.8) is 0 Å². The number of carbonyl (C=O) groups is 1. The Morgan fingerprint density at radius 2 is 1.04 bits per heavy atom. The van der Waals surface area contributed by atoms with Crippen LogP contribution >= 0.6 is 0 Å². The normalized spacial score (nSPS) is 11.0. The maximum atomic E-state index is 10.2. The van der Waals surface area contributed by atoms with Gasteiger partial charge in [0.1, 0.15) is 6.61 Å². The van der Waals surface area contributed by atoms with Crippen molar-refractivity contribution < 1.29 is 19.4 Å². The molecule has 0 aliphatic carbocycles. The van der Waals surface area contributed by atoms with Gasteiger partial charge in [-0.15, -0.1) is 0 Å². The minimum Gasteiger partial charge on any atom is -0.480 e. The van der Waals surface area contributed by atoms with E-state index in [1.54, 1.807) is 0 Å². The molecule has 0 unspecified atom stereocenters. The van der Waals surface area contributed by atoms with Crippen LogP contribution in [0, 0.1) is 0 Å². The molecular formula is C20H40O4. The van der Waals surface area contributed by atoms with Crippen LogP contribution in [0.3, 0.4) is 0 Å². The lowest BCUT2D eigenvalue weighted by atomic mass is 10.0. The van der Waals surface area contributed by atoms with E-state index in [1.807, 2.05) is 0 Å². The zero-order chi connectivity index (χ0) is 17.7. The summed E-state index contributed by atoms with van der Waals surface area (Å²) in [6, 6.07) is 0. The minimum absolute atomic E-state index is 0.234. The highest BCUT2D eigenvalue weighted by atomic mass is 16.5. The van der Waals surface area contributed by atoms with E-state index >= 15 is 0 Å². The fraction of sp³-hybridized carbons (Fsp3) is 0.950. The van der Waals surface area contributed by atoms with E-state index in [-0.39, 0.29) is 6.61 Å². The fourth-order valence-corrected chi connectivity index (χ4v) is 2.78. The molecule has 0 bridgehead atoms. The Hall–Kier alpha value is -0.610. The summed E-state index contributed by atoms with van der Waals surface area (Å²) in [5.74, 6) is -0.929. The number of carboxylic acids is 1. The smallest absolute Gasteiger partial charge is 0.329 e. The Morgan fingerprint density at radius 3 is 1.50 bits per heavy atom. The number of aliphatic carboxylic acids is 1. The molecule has 0 fully saturated rings. The summed E-state index contributed by atoms with van der Waals surface area (Å²) in [4.78, 5) is 10.2. The van der Waals surface area contributed by atoms with Crippen LogP contribution in [0.1, 0.15) is 96.8 Å². The van der Waals surface area contributed by atoms with E-state index in [1.165, 1.54) is 83.5 Å². The van der Waals surface area contributed by atoms with Gasteiger partial charge >= 0.3 is 5.97 Å². The maximum absolute atomic E-state index is 10.2. The number of hydrogen-bond acceptors (Lipinski definition) is 3. The molecule has 0 aliphatic heterocycles. The summed E-state index contributed by atoms with van der Waals surface area (Å²) in [7, 11) is 0. The molecular weight excluding hydrogens is 304 g/mol. The molecule has 0 rings (SSSR count). The Labute approximate surface area is 149 Å². The lowest BCUT2D eigenvalue weighted by molar-refractivity contribution is -0.142. The van der Waals surface area contributed by atoms with Gasteiger partial charge in [0.2, 0.25) is 0 Å². The van der Waals surface area contributed by atoms with Crippen LogP contribution < -0.4 is 0 Å². The van der Waals surface area contributed by atoms with Gasteiger partial charge < -0.3 is 14.6 Å². The molecule has 0 amide bonds. The standard InChI is InChI=1S/C20H40O4/c1-2-3-4-5-6-7-8-9-10-11-12-13-14-15-16-23-17-18-24-19-20(21)22/h2-19H2,1H3,(H,21,22).